The van der Waals surface area contributed by atoms with Crippen LogP contribution in [0.4, 0.5) is 17.6 Å². The van der Waals surface area contributed by atoms with Crippen molar-refractivity contribution in [3.63, 3.8) is 0 Å². The average Bonchev–Trinajstić information content (AvgIpc) is 3.20. The van der Waals surface area contributed by atoms with Crippen LogP contribution in [0.25, 0.3) is 11.1 Å². The Balaban J connectivity index is 1.47. The van der Waals surface area contributed by atoms with Crippen LogP contribution < -0.4 is 5.32 Å². The summed E-state index contributed by atoms with van der Waals surface area (Å²) >= 11 is 0. The standard InChI is InChI=1S/C30H21F4NO3/c31-20-14-10-18(11-15-20)27(36)25(16-17-8-12-19(13-9-17)30(32,33)34)35-29(38)24-7-3-6-22-21-4-1-2-5-23(21)28(37)26(22)24/h1-15,25,27,36H,16H2,(H,35,38). The SMILES string of the molecule is O=C(NC(Cc1ccc(C(F)(F)F)cc1)C(O)c1ccc(F)cc1)c1cccc2c1C(=O)c1ccccc1-2. The van der Waals surface area contributed by atoms with E-state index in [2.05, 4.69) is 5.32 Å². The first kappa shape index (κ1) is 25.4. The zero-order valence-electron chi connectivity index (χ0n) is 19.8. The van der Waals surface area contributed by atoms with E-state index < -0.39 is 35.6 Å². The fourth-order valence-corrected chi connectivity index (χ4v) is 4.73. The lowest BCUT2D eigenvalue weighted by atomic mass is 9.94. The highest BCUT2D eigenvalue weighted by molar-refractivity contribution is 6.25. The van der Waals surface area contributed by atoms with Crippen LogP contribution in [0.3, 0.4) is 0 Å². The van der Waals surface area contributed by atoms with Crippen molar-refractivity contribution in [3.8, 4) is 11.1 Å². The number of ketones is 1. The summed E-state index contributed by atoms with van der Waals surface area (Å²) in [5, 5.41) is 13.9. The first-order valence-electron chi connectivity index (χ1n) is 11.8. The molecule has 2 unspecified atom stereocenters. The van der Waals surface area contributed by atoms with Gasteiger partial charge in [-0.25, -0.2) is 4.39 Å². The molecule has 5 rings (SSSR count). The lowest BCUT2D eigenvalue weighted by molar-refractivity contribution is -0.137. The average molecular weight is 519 g/mol. The minimum atomic E-state index is -4.50. The molecule has 2 N–H and O–H groups in total. The lowest BCUT2D eigenvalue weighted by Gasteiger charge is -2.25. The van der Waals surface area contributed by atoms with Crippen LogP contribution in [-0.2, 0) is 12.6 Å². The predicted molar refractivity (Wildman–Crippen MR) is 133 cm³/mol. The smallest absolute Gasteiger partial charge is 0.386 e. The lowest BCUT2D eigenvalue weighted by Crippen LogP contribution is -2.41. The molecule has 0 radical (unpaired) electrons. The minimum Gasteiger partial charge on any atom is -0.386 e. The Labute approximate surface area is 215 Å². The molecule has 0 saturated carbocycles. The van der Waals surface area contributed by atoms with Crippen molar-refractivity contribution >= 4 is 11.7 Å². The van der Waals surface area contributed by atoms with Crippen molar-refractivity contribution in [3.05, 3.63) is 130 Å². The number of nitrogens with one attached hydrogen (secondary N) is 1. The van der Waals surface area contributed by atoms with E-state index >= 15 is 0 Å². The van der Waals surface area contributed by atoms with Crippen LogP contribution in [0.2, 0.25) is 0 Å². The Morgan fingerprint density at radius 3 is 2.11 bits per heavy atom. The van der Waals surface area contributed by atoms with E-state index in [1.54, 1.807) is 36.4 Å². The van der Waals surface area contributed by atoms with Crippen molar-refractivity contribution in [1.29, 1.82) is 0 Å². The summed E-state index contributed by atoms with van der Waals surface area (Å²) < 4.78 is 52.5. The molecule has 0 spiro atoms. The van der Waals surface area contributed by atoms with Gasteiger partial charge in [-0.3, -0.25) is 9.59 Å². The van der Waals surface area contributed by atoms with Gasteiger partial charge in [-0.05, 0) is 59.0 Å². The number of alkyl halides is 3. The van der Waals surface area contributed by atoms with E-state index in [4.69, 9.17) is 0 Å². The van der Waals surface area contributed by atoms with Gasteiger partial charge in [0.25, 0.3) is 5.91 Å². The monoisotopic (exact) mass is 519 g/mol. The van der Waals surface area contributed by atoms with Crippen LogP contribution in [0.5, 0.6) is 0 Å². The van der Waals surface area contributed by atoms with Gasteiger partial charge in [0, 0.05) is 11.1 Å². The van der Waals surface area contributed by atoms with Crippen molar-refractivity contribution in [2.45, 2.75) is 24.7 Å². The van der Waals surface area contributed by atoms with Crippen molar-refractivity contribution < 1.29 is 32.3 Å². The second-order valence-electron chi connectivity index (χ2n) is 9.08. The molecule has 1 amide bonds. The van der Waals surface area contributed by atoms with Gasteiger partial charge < -0.3 is 10.4 Å². The number of hydrogen-bond acceptors (Lipinski definition) is 3. The molecule has 0 bridgehead atoms. The molecule has 0 fully saturated rings. The topological polar surface area (TPSA) is 66.4 Å². The van der Waals surface area contributed by atoms with E-state index in [0.29, 0.717) is 22.3 Å². The summed E-state index contributed by atoms with van der Waals surface area (Å²) in [4.78, 5) is 26.6. The Hall–Kier alpha value is -4.30. The number of aliphatic hydroxyl groups is 1. The third kappa shape index (κ3) is 4.82. The Morgan fingerprint density at radius 1 is 0.816 bits per heavy atom. The van der Waals surface area contributed by atoms with Crippen LogP contribution in [0, 0.1) is 5.82 Å². The van der Waals surface area contributed by atoms with E-state index in [9.17, 15) is 32.3 Å². The number of halogens is 4. The highest BCUT2D eigenvalue weighted by Crippen LogP contribution is 2.38. The molecule has 4 nitrogen and oxygen atoms in total. The van der Waals surface area contributed by atoms with Crippen LogP contribution >= 0.6 is 0 Å². The van der Waals surface area contributed by atoms with E-state index in [1.165, 1.54) is 30.3 Å². The van der Waals surface area contributed by atoms with E-state index in [0.717, 1.165) is 29.8 Å². The van der Waals surface area contributed by atoms with Crippen molar-refractivity contribution in [2.75, 3.05) is 0 Å². The number of hydrogen-bond donors (Lipinski definition) is 2. The highest BCUT2D eigenvalue weighted by atomic mass is 19.4. The quantitative estimate of drug-likeness (QED) is 0.265. The molecule has 4 aromatic carbocycles. The highest BCUT2D eigenvalue weighted by Gasteiger charge is 2.33. The van der Waals surface area contributed by atoms with E-state index in [1.807, 2.05) is 0 Å². The maximum atomic E-state index is 13.5. The van der Waals surface area contributed by atoms with Gasteiger partial charge in [0.2, 0.25) is 0 Å². The molecule has 0 aromatic heterocycles. The number of benzene rings is 4. The predicted octanol–water partition coefficient (Wildman–Crippen LogP) is 6.13. The normalized spacial score (nSPS) is 14.0. The second kappa shape index (κ2) is 9.87. The molecule has 192 valence electrons. The number of amides is 1. The Kier molecular flexibility index (Phi) is 6.59. The molecule has 38 heavy (non-hydrogen) atoms. The van der Waals surface area contributed by atoms with Gasteiger partial charge in [-0.1, -0.05) is 60.7 Å². The third-order valence-electron chi connectivity index (χ3n) is 6.64. The fraction of sp³-hybridized carbons (Fsp3) is 0.133. The summed E-state index contributed by atoms with van der Waals surface area (Å²) in [6, 6.07) is 20.4. The first-order valence-corrected chi connectivity index (χ1v) is 11.8. The molecule has 1 aliphatic carbocycles. The van der Waals surface area contributed by atoms with Crippen LogP contribution in [0.1, 0.15) is 49.1 Å². The molecule has 1 aliphatic rings. The second-order valence-corrected chi connectivity index (χ2v) is 9.08. The summed E-state index contributed by atoms with van der Waals surface area (Å²) in [5.74, 6) is -1.43. The molecule has 0 heterocycles. The van der Waals surface area contributed by atoms with E-state index in [-0.39, 0.29) is 23.3 Å². The maximum absolute atomic E-state index is 13.5. The number of fused-ring (bicyclic) bond motifs is 3. The van der Waals surface area contributed by atoms with Gasteiger partial charge in [0.1, 0.15) is 5.82 Å². The van der Waals surface area contributed by atoms with Gasteiger partial charge in [-0.2, -0.15) is 13.2 Å². The Morgan fingerprint density at radius 2 is 1.45 bits per heavy atom. The summed E-state index contributed by atoms with van der Waals surface area (Å²) in [7, 11) is 0. The van der Waals surface area contributed by atoms with Crippen LogP contribution in [0.15, 0.2) is 91.0 Å². The summed E-state index contributed by atoms with van der Waals surface area (Å²) in [6.07, 6.45) is -5.84. The Bertz CT molecular complexity index is 1510. The zero-order chi connectivity index (χ0) is 27.0. The third-order valence-corrected chi connectivity index (χ3v) is 6.64. The zero-order valence-corrected chi connectivity index (χ0v) is 19.8. The fourth-order valence-electron chi connectivity index (χ4n) is 4.73. The number of carbonyl (C=O) groups is 2. The van der Waals surface area contributed by atoms with Gasteiger partial charge in [-0.15, -0.1) is 0 Å². The largest absolute Gasteiger partial charge is 0.416 e. The minimum absolute atomic E-state index is 0.0222. The molecule has 2 atom stereocenters. The van der Waals surface area contributed by atoms with Gasteiger partial charge >= 0.3 is 6.18 Å². The molecule has 0 aliphatic heterocycles. The summed E-state index contributed by atoms with van der Waals surface area (Å²) in [6.45, 7) is 0. The van der Waals surface area contributed by atoms with Crippen molar-refractivity contribution in [2.24, 2.45) is 0 Å². The van der Waals surface area contributed by atoms with Crippen LogP contribution in [-0.4, -0.2) is 22.8 Å². The molecule has 4 aromatic rings. The van der Waals surface area contributed by atoms with Crippen molar-refractivity contribution in [1.82, 2.24) is 5.32 Å². The molecular formula is C30H21F4NO3. The van der Waals surface area contributed by atoms with Gasteiger partial charge in [0.15, 0.2) is 5.78 Å². The molecule has 8 heteroatoms. The maximum Gasteiger partial charge on any atom is 0.416 e. The number of carbonyl (C=O) groups excluding carboxylic acids is 2. The number of aliphatic hydroxyl groups excluding tert-OH is 1. The summed E-state index contributed by atoms with van der Waals surface area (Å²) in [5.41, 5.74) is 2.11. The van der Waals surface area contributed by atoms with Gasteiger partial charge in [0.05, 0.1) is 23.3 Å². The molecule has 0 saturated heterocycles. The number of rotatable bonds is 6. The first-order chi connectivity index (χ1) is 18.1. The molecular weight excluding hydrogens is 498 g/mol.